The van der Waals surface area contributed by atoms with E-state index in [1.165, 1.54) is 0 Å². The minimum absolute atomic E-state index is 0.495. The first-order chi connectivity index (χ1) is 11.9. The topological polar surface area (TPSA) is 52.4 Å². The predicted molar refractivity (Wildman–Crippen MR) is 73.0 cm³/mol. The van der Waals surface area contributed by atoms with Crippen molar-refractivity contribution < 1.29 is 49.2 Å². The molecule has 0 bridgehead atoms. The monoisotopic (exact) mass is 413 g/mol. The van der Waals surface area contributed by atoms with Gasteiger partial charge in [-0.2, -0.15) is 39.5 Å². The molecule has 0 aromatic heterocycles. The van der Waals surface area contributed by atoms with E-state index in [0.717, 1.165) is 18.2 Å². The fourth-order valence-corrected chi connectivity index (χ4v) is 2.18. The van der Waals surface area contributed by atoms with Crippen molar-refractivity contribution in [1.82, 2.24) is 0 Å². The zero-order valence-corrected chi connectivity index (χ0v) is 13.6. The molecule has 27 heavy (non-hydrogen) atoms. The third kappa shape index (κ3) is 3.96. The fourth-order valence-electron chi connectivity index (χ4n) is 2.18. The van der Waals surface area contributed by atoms with Crippen LogP contribution in [-0.2, 0) is 10.3 Å². The molecule has 0 saturated carbocycles. The number of ether oxygens (including phenoxy) is 1. The third-order valence-electron chi connectivity index (χ3n) is 3.89. The SMILES string of the molecule is COC(C)(CC(F)(F)C(F)(F)C(F)(F)C(F)(F)F)c1cccc([N+](=O)[O-])c1. The molecule has 0 saturated heterocycles. The van der Waals surface area contributed by atoms with Crippen molar-refractivity contribution in [3.63, 3.8) is 0 Å². The zero-order chi connectivity index (χ0) is 21.5. The van der Waals surface area contributed by atoms with Crippen molar-refractivity contribution in [2.45, 2.75) is 42.9 Å². The van der Waals surface area contributed by atoms with Crippen molar-refractivity contribution in [3.8, 4) is 0 Å². The van der Waals surface area contributed by atoms with Gasteiger partial charge in [0, 0.05) is 19.2 Å². The number of halogens is 9. The van der Waals surface area contributed by atoms with Crippen molar-refractivity contribution in [2.75, 3.05) is 7.11 Å². The summed E-state index contributed by atoms with van der Waals surface area (Å²) in [6, 6.07) is 3.49. The minimum Gasteiger partial charge on any atom is -0.374 e. The molecule has 0 radical (unpaired) electrons. The Kier molecular flexibility index (Phi) is 5.82. The van der Waals surface area contributed by atoms with Gasteiger partial charge in [-0.15, -0.1) is 0 Å². The average molecular weight is 413 g/mol. The molecule has 13 heteroatoms. The number of benzene rings is 1. The zero-order valence-electron chi connectivity index (χ0n) is 13.6. The Balaban J connectivity index is 3.39. The second-order valence-electron chi connectivity index (χ2n) is 5.77. The highest BCUT2D eigenvalue weighted by Gasteiger charge is 2.82. The quantitative estimate of drug-likeness (QED) is 0.346. The second kappa shape index (κ2) is 6.84. The van der Waals surface area contributed by atoms with E-state index in [4.69, 9.17) is 0 Å². The summed E-state index contributed by atoms with van der Waals surface area (Å²) in [6.07, 6.45) is -9.24. The lowest BCUT2D eigenvalue weighted by Gasteiger charge is -2.38. The number of nitro groups is 1. The van der Waals surface area contributed by atoms with Crippen molar-refractivity contribution in [1.29, 1.82) is 0 Å². The molecule has 0 N–H and O–H groups in total. The Morgan fingerprint density at radius 2 is 1.52 bits per heavy atom. The van der Waals surface area contributed by atoms with E-state index in [1.54, 1.807) is 0 Å². The van der Waals surface area contributed by atoms with Gasteiger partial charge in [0.1, 0.15) is 0 Å². The average Bonchev–Trinajstić information content (AvgIpc) is 2.53. The van der Waals surface area contributed by atoms with Crippen LogP contribution in [0.1, 0.15) is 18.9 Å². The molecule has 0 spiro atoms. The van der Waals surface area contributed by atoms with Crippen LogP contribution in [0.25, 0.3) is 0 Å². The summed E-state index contributed by atoms with van der Waals surface area (Å²) >= 11 is 0. The number of nitrogens with zero attached hydrogens (tertiary/aromatic N) is 1. The van der Waals surface area contributed by atoms with Gasteiger partial charge in [-0.05, 0) is 12.5 Å². The van der Waals surface area contributed by atoms with Gasteiger partial charge in [0.2, 0.25) is 0 Å². The lowest BCUT2D eigenvalue weighted by atomic mass is 9.85. The third-order valence-corrected chi connectivity index (χ3v) is 3.89. The van der Waals surface area contributed by atoms with Crippen molar-refractivity contribution in [3.05, 3.63) is 39.9 Å². The van der Waals surface area contributed by atoms with Crippen LogP contribution in [-0.4, -0.2) is 36.0 Å². The molecule has 0 fully saturated rings. The Hall–Kier alpha value is -2.05. The van der Waals surface area contributed by atoms with Crippen LogP contribution in [0.5, 0.6) is 0 Å². The van der Waals surface area contributed by atoms with E-state index in [0.29, 0.717) is 20.1 Å². The van der Waals surface area contributed by atoms with Crippen LogP contribution in [0.3, 0.4) is 0 Å². The normalized spacial score (nSPS) is 16.1. The highest BCUT2D eigenvalue weighted by molar-refractivity contribution is 5.37. The summed E-state index contributed by atoms with van der Waals surface area (Å²) < 4.78 is 122. The van der Waals surface area contributed by atoms with Crippen LogP contribution in [0.15, 0.2) is 24.3 Å². The van der Waals surface area contributed by atoms with Gasteiger partial charge in [0.15, 0.2) is 0 Å². The van der Waals surface area contributed by atoms with Gasteiger partial charge in [0.05, 0.1) is 16.9 Å². The largest absolute Gasteiger partial charge is 0.460 e. The smallest absolute Gasteiger partial charge is 0.374 e. The first-order valence-electron chi connectivity index (χ1n) is 6.93. The molecular formula is C14H12F9NO3. The highest BCUT2D eigenvalue weighted by Crippen LogP contribution is 2.56. The van der Waals surface area contributed by atoms with E-state index >= 15 is 0 Å². The summed E-state index contributed by atoms with van der Waals surface area (Å²) in [5.41, 5.74) is -3.70. The number of methoxy groups -OCH3 is 1. The lowest BCUT2D eigenvalue weighted by molar-refractivity contribution is -0.400. The number of hydrogen-bond acceptors (Lipinski definition) is 3. The lowest BCUT2D eigenvalue weighted by Crippen LogP contribution is -2.62. The van der Waals surface area contributed by atoms with Gasteiger partial charge in [-0.1, -0.05) is 12.1 Å². The Labute approximate surface area is 146 Å². The Morgan fingerprint density at radius 3 is 1.93 bits per heavy atom. The van der Waals surface area contributed by atoms with Crippen LogP contribution in [0.4, 0.5) is 45.2 Å². The standard InChI is InChI=1S/C14H12F9NO3/c1-10(27-2,8-4-3-5-9(6-8)24(25)26)7-11(15,16)12(17,18)13(19,20)14(21,22)23/h3-6H,7H2,1-2H3. The maximum Gasteiger partial charge on any atom is 0.460 e. The Morgan fingerprint density at radius 1 is 1.00 bits per heavy atom. The maximum absolute atomic E-state index is 13.9. The molecule has 0 amide bonds. The number of non-ortho nitro benzene ring substituents is 1. The van der Waals surface area contributed by atoms with E-state index < -0.39 is 52.1 Å². The predicted octanol–water partition coefficient (Wildman–Crippen LogP) is 5.31. The molecule has 0 aliphatic rings. The number of alkyl halides is 9. The maximum atomic E-state index is 13.9. The van der Waals surface area contributed by atoms with Crippen LogP contribution < -0.4 is 0 Å². The van der Waals surface area contributed by atoms with Crippen LogP contribution in [0.2, 0.25) is 0 Å². The Bertz CT molecular complexity index is 705. The molecule has 0 aliphatic heterocycles. The van der Waals surface area contributed by atoms with Gasteiger partial charge in [-0.25, -0.2) is 0 Å². The first kappa shape index (κ1) is 23.0. The molecular weight excluding hydrogens is 401 g/mol. The van der Waals surface area contributed by atoms with Gasteiger partial charge < -0.3 is 4.74 Å². The molecule has 1 unspecified atom stereocenters. The highest BCUT2D eigenvalue weighted by atomic mass is 19.4. The summed E-state index contributed by atoms with van der Waals surface area (Å²) in [5, 5.41) is 10.7. The van der Waals surface area contributed by atoms with Crippen LogP contribution >= 0.6 is 0 Å². The summed E-state index contributed by atoms with van der Waals surface area (Å²) in [4.78, 5) is 9.77. The molecule has 0 aliphatic carbocycles. The first-order valence-corrected chi connectivity index (χ1v) is 6.93. The summed E-state index contributed by atoms with van der Waals surface area (Å²) in [6.45, 7) is 0.696. The van der Waals surface area contributed by atoms with Gasteiger partial charge in [-0.3, -0.25) is 10.1 Å². The molecule has 1 atom stereocenters. The number of hydrogen-bond donors (Lipinski definition) is 0. The summed E-state index contributed by atoms with van der Waals surface area (Å²) in [5.74, 6) is -19.7. The molecule has 0 heterocycles. The van der Waals surface area contributed by atoms with E-state index in [1.807, 2.05) is 0 Å². The van der Waals surface area contributed by atoms with Gasteiger partial charge >= 0.3 is 23.9 Å². The summed E-state index contributed by atoms with van der Waals surface area (Å²) in [7, 11) is 0.703. The van der Waals surface area contributed by atoms with Crippen molar-refractivity contribution in [2.24, 2.45) is 0 Å². The van der Waals surface area contributed by atoms with E-state index in [2.05, 4.69) is 4.74 Å². The molecule has 154 valence electrons. The second-order valence-corrected chi connectivity index (χ2v) is 5.77. The van der Waals surface area contributed by atoms with Gasteiger partial charge in [0.25, 0.3) is 5.69 Å². The molecule has 1 aromatic carbocycles. The van der Waals surface area contributed by atoms with Crippen molar-refractivity contribution >= 4 is 5.69 Å². The molecule has 4 nitrogen and oxygen atoms in total. The van der Waals surface area contributed by atoms with E-state index in [-0.39, 0.29) is 0 Å². The fraction of sp³-hybridized carbons (Fsp3) is 0.571. The van der Waals surface area contributed by atoms with E-state index in [9.17, 15) is 49.6 Å². The number of rotatable bonds is 7. The molecule has 1 rings (SSSR count). The minimum atomic E-state index is -7.03. The van der Waals surface area contributed by atoms with Crippen LogP contribution in [0, 0.1) is 10.1 Å². The number of nitro benzene ring substituents is 1. The molecule has 1 aromatic rings.